The summed E-state index contributed by atoms with van der Waals surface area (Å²) in [6, 6.07) is 3.76. The molecular weight excluding hydrogens is 171 g/mol. The molecule has 4 heteroatoms. The van der Waals surface area contributed by atoms with Crippen molar-refractivity contribution in [1.29, 1.82) is 0 Å². The van der Waals surface area contributed by atoms with Crippen molar-refractivity contribution in [2.75, 3.05) is 12.3 Å². The van der Waals surface area contributed by atoms with Gasteiger partial charge in [0.1, 0.15) is 5.82 Å². The Morgan fingerprint density at radius 2 is 2.23 bits per heavy atom. The molecule has 70 valence electrons. The fraction of sp³-hybridized carbons (Fsp3) is 0.222. The molecule has 3 N–H and O–H groups in total. The average Bonchev–Trinajstić information content (AvgIpc) is 2.03. The number of nitrogens with one attached hydrogen (secondary N) is 1. The summed E-state index contributed by atoms with van der Waals surface area (Å²) in [5.41, 5.74) is 5.87. The van der Waals surface area contributed by atoms with Gasteiger partial charge in [0, 0.05) is 17.8 Å². The third kappa shape index (κ3) is 2.43. The summed E-state index contributed by atoms with van der Waals surface area (Å²) in [7, 11) is 0. The molecule has 13 heavy (non-hydrogen) atoms. The number of carbonyl (C=O) groups excluding carboxylic acids is 1. The molecule has 1 amide bonds. The van der Waals surface area contributed by atoms with Crippen molar-refractivity contribution in [3.63, 3.8) is 0 Å². The minimum atomic E-state index is -0.499. The van der Waals surface area contributed by atoms with Crippen LogP contribution in [0.5, 0.6) is 0 Å². The van der Waals surface area contributed by atoms with Crippen LogP contribution in [0.4, 0.5) is 10.1 Å². The van der Waals surface area contributed by atoms with Crippen molar-refractivity contribution in [3.8, 4) is 0 Å². The van der Waals surface area contributed by atoms with Crippen LogP contribution in [0.25, 0.3) is 0 Å². The summed E-state index contributed by atoms with van der Waals surface area (Å²) in [5, 5.41) is 2.56. The van der Waals surface area contributed by atoms with Gasteiger partial charge in [0.2, 0.25) is 0 Å². The molecule has 0 aromatic heterocycles. The lowest BCUT2D eigenvalue weighted by Gasteiger charge is -2.02. The number of nitrogen functional groups attached to an aromatic ring is 1. The first-order valence-electron chi connectivity index (χ1n) is 3.97. The molecule has 0 bridgehead atoms. The highest BCUT2D eigenvalue weighted by atomic mass is 19.1. The molecule has 0 aliphatic heterocycles. The van der Waals surface area contributed by atoms with Crippen molar-refractivity contribution in [2.45, 2.75) is 6.92 Å². The van der Waals surface area contributed by atoms with E-state index in [0.717, 1.165) is 6.07 Å². The molecule has 0 aliphatic carbocycles. The predicted molar refractivity (Wildman–Crippen MR) is 48.8 cm³/mol. The van der Waals surface area contributed by atoms with Gasteiger partial charge in [0.25, 0.3) is 5.91 Å². The van der Waals surface area contributed by atoms with E-state index >= 15 is 0 Å². The highest BCUT2D eigenvalue weighted by molar-refractivity contribution is 5.94. The van der Waals surface area contributed by atoms with Crippen LogP contribution < -0.4 is 11.1 Å². The second kappa shape index (κ2) is 3.89. The lowest BCUT2D eigenvalue weighted by atomic mass is 10.2. The third-order valence-corrected chi connectivity index (χ3v) is 1.52. The Balaban J connectivity index is 2.94. The number of carbonyl (C=O) groups is 1. The van der Waals surface area contributed by atoms with Crippen molar-refractivity contribution < 1.29 is 9.18 Å². The Morgan fingerprint density at radius 3 is 2.77 bits per heavy atom. The van der Waals surface area contributed by atoms with E-state index in [4.69, 9.17) is 5.73 Å². The Kier molecular flexibility index (Phi) is 2.84. The van der Waals surface area contributed by atoms with Gasteiger partial charge in [0.15, 0.2) is 0 Å². The Bertz CT molecular complexity index is 305. The zero-order valence-corrected chi connectivity index (χ0v) is 7.30. The topological polar surface area (TPSA) is 55.1 Å². The molecule has 0 heterocycles. The molecule has 1 aromatic carbocycles. The second-order valence-corrected chi connectivity index (χ2v) is 2.63. The van der Waals surface area contributed by atoms with Gasteiger partial charge in [-0.05, 0) is 25.1 Å². The molecular formula is C9H11FN2O. The average molecular weight is 182 g/mol. The summed E-state index contributed by atoms with van der Waals surface area (Å²) >= 11 is 0. The van der Waals surface area contributed by atoms with Crippen LogP contribution in [0.2, 0.25) is 0 Å². The van der Waals surface area contributed by atoms with Crippen molar-refractivity contribution in [2.24, 2.45) is 0 Å². The molecule has 0 spiro atoms. The van der Waals surface area contributed by atoms with E-state index < -0.39 is 5.82 Å². The number of amides is 1. The van der Waals surface area contributed by atoms with E-state index in [9.17, 15) is 9.18 Å². The maximum Gasteiger partial charge on any atom is 0.251 e. The van der Waals surface area contributed by atoms with Crippen molar-refractivity contribution in [3.05, 3.63) is 29.6 Å². The molecule has 3 nitrogen and oxygen atoms in total. The van der Waals surface area contributed by atoms with Gasteiger partial charge in [-0.1, -0.05) is 0 Å². The number of benzene rings is 1. The Hall–Kier alpha value is -1.58. The fourth-order valence-corrected chi connectivity index (χ4v) is 1.01. The molecule has 1 aromatic rings. The molecule has 0 fully saturated rings. The van der Waals surface area contributed by atoms with Gasteiger partial charge in [0.05, 0.1) is 0 Å². The second-order valence-electron chi connectivity index (χ2n) is 2.63. The highest BCUT2D eigenvalue weighted by Gasteiger charge is 2.05. The van der Waals surface area contributed by atoms with E-state index in [1.807, 2.05) is 0 Å². The molecule has 0 aliphatic rings. The molecule has 1 rings (SSSR count). The predicted octanol–water partition coefficient (Wildman–Crippen LogP) is 1.16. The van der Waals surface area contributed by atoms with Gasteiger partial charge in [-0.15, -0.1) is 0 Å². The first-order valence-corrected chi connectivity index (χ1v) is 3.97. The quantitative estimate of drug-likeness (QED) is 0.674. The Morgan fingerprint density at radius 1 is 1.54 bits per heavy atom. The number of halogens is 1. The smallest absolute Gasteiger partial charge is 0.251 e. The van der Waals surface area contributed by atoms with Gasteiger partial charge >= 0.3 is 0 Å². The van der Waals surface area contributed by atoms with Crippen LogP contribution in [0, 0.1) is 5.82 Å². The molecule has 0 unspecified atom stereocenters. The zero-order chi connectivity index (χ0) is 9.84. The maximum atomic E-state index is 12.8. The lowest BCUT2D eigenvalue weighted by Crippen LogP contribution is -2.22. The van der Waals surface area contributed by atoms with E-state index in [2.05, 4.69) is 5.32 Å². The van der Waals surface area contributed by atoms with E-state index in [1.54, 1.807) is 6.92 Å². The van der Waals surface area contributed by atoms with Crippen LogP contribution >= 0.6 is 0 Å². The van der Waals surface area contributed by atoms with Crippen LogP contribution in [-0.4, -0.2) is 12.5 Å². The number of hydrogen-bond acceptors (Lipinski definition) is 2. The summed E-state index contributed by atoms with van der Waals surface area (Å²) in [4.78, 5) is 11.2. The summed E-state index contributed by atoms with van der Waals surface area (Å²) in [6.45, 7) is 2.30. The van der Waals surface area contributed by atoms with Crippen LogP contribution in [0.15, 0.2) is 18.2 Å². The molecule has 0 saturated heterocycles. The van der Waals surface area contributed by atoms with Crippen molar-refractivity contribution in [1.82, 2.24) is 5.32 Å². The largest absolute Gasteiger partial charge is 0.399 e. The van der Waals surface area contributed by atoms with Crippen LogP contribution in [0.1, 0.15) is 17.3 Å². The molecule has 0 saturated carbocycles. The number of anilines is 1. The highest BCUT2D eigenvalue weighted by Crippen LogP contribution is 2.10. The van der Waals surface area contributed by atoms with Gasteiger partial charge in [-0.3, -0.25) is 4.79 Å². The summed E-state index contributed by atoms with van der Waals surface area (Å²) in [5.74, 6) is -0.810. The first-order chi connectivity index (χ1) is 6.13. The fourth-order valence-electron chi connectivity index (χ4n) is 1.01. The Labute approximate surface area is 75.7 Å². The van der Waals surface area contributed by atoms with E-state index in [1.165, 1.54) is 12.1 Å². The van der Waals surface area contributed by atoms with Crippen LogP contribution in [-0.2, 0) is 0 Å². The van der Waals surface area contributed by atoms with E-state index in [-0.39, 0.29) is 17.2 Å². The minimum absolute atomic E-state index is 0.249. The number of hydrogen-bond donors (Lipinski definition) is 2. The normalized spacial score (nSPS) is 9.69. The number of rotatable bonds is 2. The number of nitrogens with two attached hydrogens (primary N) is 1. The zero-order valence-electron chi connectivity index (χ0n) is 7.30. The van der Waals surface area contributed by atoms with Gasteiger partial charge in [-0.2, -0.15) is 0 Å². The molecule has 0 atom stereocenters. The third-order valence-electron chi connectivity index (χ3n) is 1.52. The summed E-state index contributed by atoms with van der Waals surface area (Å²) in [6.07, 6.45) is 0. The maximum absolute atomic E-state index is 12.8. The van der Waals surface area contributed by atoms with Gasteiger partial charge in [-0.25, -0.2) is 4.39 Å². The van der Waals surface area contributed by atoms with Crippen molar-refractivity contribution >= 4 is 11.6 Å². The summed E-state index contributed by atoms with van der Waals surface area (Å²) < 4.78 is 12.8. The lowest BCUT2D eigenvalue weighted by molar-refractivity contribution is 0.0955. The van der Waals surface area contributed by atoms with Crippen LogP contribution in [0.3, 0.4) is 0 Å². The monoisotopic (exact) mass is 182 g/mol. The SMILES string of the molecule is CCNC(=O)c1cc(N)cc(F)c1. The standard InChI is InChI=1S/C9H11FN2O/c1-2-12-9(13)6-3-7(10)5-8(11)4-6/h3-5H,2,11H2,1H3,(H,12,13). The first kappa shape index (κ1) is 9.51. The van der Waals surface area contributed by atoms with E-state index in [0.29, 0.717) is 6.54 Å². The minimum Gasteiger partial charge on any atom is -0.399 e. The van der Waals surface area contributed by atoms with Gasteiger partial charge < -0.3 is 11.1 Å². The molecule has 0 radical (unpaired) electrons.